The summed E-state index contributed by atoms with van der Waals surface area (Å²) >= 11 is 7.43. The molecule has 1 aliphatic heterocycles. The molecule has 1 amide bonds. The molecule has 4 rings (SSSR count). The Morgan fingerprint density at radius 2 is 1.94 bits per heavy atom. The first kappa shape index (κ1) is 22.5. The minimum absolute atomic E-state index is 0.0107. The molecule has 0 fully saturated rings. The molecule has 0 saturated heterocycles. The van der Waals surface area contributed by atoms with Gasteiger partial charge in [-0.15, -0.1) is 11.3 Å². The summed E-state index contributed by atoms with van der Waals surface area (Å²) in [5.41, 5.74) is 1.52. The second-order valence-electron chi connectivity index (χ2n) is 7.32. The number of halogens is 1. The van der Waals surface area contributed by atoms with Gasteiger partial charge in [0.2, 0.25) is 16.8 Å². The fourth-order valence-electron chi connectivity index (χ4n) is 2.97. The van der Waals surface area contributed by atoms with Crippen LogP contribution in [-0.2, 0) is 10.0 Å². The zero-order valence-electron chi connectivity index (χ0n) is 17.5. The Morgan fingerprint density at radius 1 is 1.19 bits per heavy atom. The van der Waals surface area contributed by atoms with Crippen molar-refractivity contribution < 1.29 is 22.7 Å². The number of thiazole rings is 1. The number of benzene rings is 2. The number of amides is 1. The summed E-state index contributed by atoms with van der Waals surface area (Å²) in [4.78, 5) is 17.3. The third-order valence-electron chi connectivity index (χ3n) is 4.98. The highest BCUT2D eigenvalue weighted by Gasteiger charge is 2.25. The van der Waals surface area contributed by atoms with Crippen LogP contribution in [-0.4, -0.2) is 43.5 Å². The van der Waals surface area contributed by atoms with E-state index in [1.54, 1.807) is 25.3 Å². The lowest BCUT2D eigenvalue weighted by Gasteiger charge is -2.21. The molecule has 1 N–H and O–H groups in total. The van der Waals surface area contributed by atoms with E-state index in [2.05, 4.69) is 10.3 Å². The predicted molar refractivity (Wildman–Crippen MR) is 123 cm³/mol. The lowest BCUT2D eigenvalue weighted by molar-refractivity contribution is 0.102. The number of fused-ring (bicyclic) bond motifs is 1. The molecule has 168 valence electrons. The van der Waals surface area contributed by atoms with Crippen LogP contribution in [0.3, 0.4) is 0 Å². The lowest BCUT2D eigenvalue weighted by atomic mass is 10.1. The highest BCUT2D eigenvalue weighted by Crippen LogP contribution is 2.36. The average molecular weight is 494 g/mol. The van der Waals surface area contributed by atoms with Crippen molar-refractivity contribution in [1.82, 2.24) is 9.29 Å². The van der Waals surface area contributed by atoms with Crippen LogP contribution in [0.1, 0.15) is 24.2 Å². The molecule has 0 radical (unpaired) electrons. The molecule has 0 spiro atoms. The van der Waals surface area contributed by atoms with Gasteiger partial charge in [-0.2, -0.15) is 4.31 Å². The first-order chi connectivity index (χ1) is 15.2. The number of carbonyl (C=O) groups excluding carboxylic acids is 1. The maximum Gasteiger partial charge on any atom is 0.259 e. The van der Waals surface area contributed by atoms with Crippen molar-refractivity contribution in [2.45, 2.75) is 24.8 Å². The first-order valence-corrected chi connectivity index (χ1v) is 12.3. The van der Waals surface area contributed by atoms with Gasteiger partial charge in [0.15, 0.2) is 16.6 Å². The number of nitrogens with one attached hydrogen (secondary N) is 1. The Balaban J connectivity index is 1.56. The lowest BCUT2D eigenvalue weighted by Crippen LogP contribution is -2.33. The second-order valence-corrected chi connectivity index (χ2v) is 10.6. The van der Waals surface area contributed by atoms with Gasteiger partial charge in [-0.05, 0) is 50.2 Å². The number of aromatic nitrogens is 1. The molecule has 0 bridgehead atoms. The fourth-order valence-corrected chi connectivity index (χ4v) is 5.28. The van der Waals surface area contributed by atoms with Crippen molar-refractivity contribution in [3.8, 4) is 22.8 Å². The summed E-state index contributed by atoms with van der Waals surface area (Å²) in [6.07, 6.45) is 0. The van der Waals surface area contributed by atoms with Crippen molar-refractivity contribution in [1.29, 1.82) is 0 Å². The van der Waals surface area contributed by atoms with Gasteiger partial charge in [0.1, 0.15) is 0 Å². The van der Waals surface area contributed by atoms with Crippen molar-refractivity contribution in [3.63, 3.8) is 0 Å². The molecular weight excluding hydrogens is 474 g/mol. The molecule has 8 nitrogen and oxygen atoms in total. The number of nitrogens with zero attached hydrogens (tertiary/aromatic N) is 2. The first-order valence-electron chi connectivity index (χ1n) is 9.61. The molecule has 1 aliphatic rings. The molecule has 2 aromatic carbocycles. The van der Waals surface area contributed by atoms with Crippen LogP contribution in [0.5, 0.6) is 11.5 Å². The highest BCUT2D eigenvalue weighted by atomic mass is 35.5. The van der Waals surface area contributed by atoms with Crippen molar-refractivity contribution in [3.05, 3.63) is 52.4 Å². The van der Waals surface area contributed by atoms with E-state index in [0.29, 0.717) is 22.3 Å². The molecule has 11 heteroatoms. The SMILES string of the molecule is CC(C)N(C)S(=O)(=O)c1ccc(Cl)c(C(=O)Nc2nc(-c3ccc4c(c3)OCO4)cs2)c1. The standard InChI is InChI=1S/C21H20ClN3O5S2/c1-12(2)25(3)32(27,28)14-5-6-16(22)15(9-14)20(26)24-21-23-17(10-31-21)13-4-7-18-19(8-13)30-11-29-18/h4-10,12H,11H2,1-3H3,(H,23,24,26). The number of sulfonamides is 1. The summed E-state index contributed by atoms with van der Waals surface area (Å²) in [5.74, 6) is 0.758. The Labute approximate surface area is 194 Å². The van der Waals surface area contributed by atoms with Gasteiger partial charge < -0.3 is 9.47 Å². The topological polar surface area (TPSA) is 97.8 Å². The molecule has 0 saturated carbocycles. The quantitative estimate of drug-likeness (QED) is 0.544. The summed E-state index contributed by atoms with van der Waals surface area (Å²) < 4.78 is 37.5. The number of hydrogen-bond acceptors (Lipinski definition) is 7. The van der Waals surface area contributed by atoms with Gasteiger partial charge in [0.05, 0.1) is 21.2 Å². The molecule has 0 aliphatic carbocycles. The van der Waals surface area contributed by atoms with Crippen molar-refractivity contribution in [2.24, 2.45) is 0 Å². The largest absolute Gasteiger partial charge is 0.454 e. The zero-order valence-corrected chi connectivity index (χ0v) is 19.8. The fraction of sp³-hybridized carbons (Fsp3) is 0.238. The van der Waals surface area contributed by atoms with Crippen LogP contribution in [0, 0.1) is 0 Å². The Hall–Kier alpha value is -2.66. The number of hydrogen-bond donors (Lipinski definition) is 1. The molecule has 2 heterocycles. The van der Waals surface area contributed by atoms with E-state index in [-0.39, 0.29) is 28.3 Å². The average Bonchev–Trinajstić information content (AvgIpc) is 3.41. The summed E-state index contributed by atoms with van der Waals surface area (Å²) in [6, 6.07) is 9.29. The summed E-state index contributed by atoms with van der Waals surface area (Å²) in [6.45, 7) is 3.71. The maximum atomic E-state index is 12.8. The Kier molecular flexibility index (Phi) is 6.13. The van der Waals surface area contributed by atoms with Crippen molar-refractivity contribution in [2.75, 3.05) is 19.2 Å². The molecular formula is C21H20ClN3O5S2. The summed E-state index contributed by atoms with van der Waals surface area (Å²) in [5, 5.41) is 4.98. The Morgan fingerprint density at radius 3 is 2.69 bits per heavy atom. The minimum atomic E-state index is -3.76. The molecule has 32 heavy (non-hydrogen) atoms. The number of carbonyl (C=O) groups is 1. The predicted octanol–water partition coefficient (Wildman–Crippen LogP) is 4.47. The molecule has 1 aromatic heterocycles. The third kappa shape index (κ3) is 4.31. The van der Waals surface area contributed by atoms with E-state index in [4.69, 9.17) is 21.1 Å². The van der Waals surface area contributed by atoms with E-state index < -0.39 is 15.9 Å². The summed E-state index contributed by atoms with van der Waals surface area (Å²) in [7, 11) is -2.27. The Bertz CT molecular complexity index is 1290. The van der Waals surface area contributed by atoms with Crippen molar-refractivity contribution >= 4 is 44.0 Å². The zero-order chi connectivity index (χ0) is 23.0. The van der Waals surface area contributed by atoms with Crippen LogP contribution in [0.15, 0.2) is 46.7 Å². The third-order valence-corrected chi connectivity index (χ3v) is 8.10. The number of anilines is 1. The highest BCUT2D eigenvalue weighted by molar-refractivity contribution is 7.89. The van der Waals surface area contributed by atoms with E-state index in [1.165, 1.54) is 40.9 Å². The monoisotopic (exact) mass is 493 g/mol. The maximum absolute atomic E-state index is 12.8. The number of ether oxygens (including phenoxy) is 2. The van der Waals surface area contributed by atoms with Crippen LogP contribution in [0.2, 0.25) is 5.02 Å². The molecule has 3 aromatic rings. The van der Waals surface area contributed by atoms with E-state index in [1.807, 2.05) is 12.1 Å². The van der Waals surface area contributed by atoms with E-state index in [0.717, 1.165) is 5.56 Å². The molecule has 0 unspecified atom stereocenters. The van der Waals surface area contributed by atoms with Gasteiger partial charge in [0, 0.05) is 24.0 Å². The van der Waals surface area contributed by atoms with Crippen LogP contribution < -0.4 is 14.8 Å². The van der Waals surface area contributed by atoms with E-state index in [9.17, 15) is 13.2 Å². The van der Waals surface area contributed by atoms with Crippen LogP contribution >= 0.6 is 22.9 Å². The van der Waals surface area contributed by atoms with Gasteiger partial charge in [-0.25, -0.2) is 13.4 Å². The normalized spacial score (nSPS) is 13.1. The molecule has 0 atom stereocenters. The second kappa shape index (κ2) is 8.70. The van der Waals surface area contributed by atoms with Crippen LogP contribution in [0.25, 0.3) is 11.3 Å². The smallest absolute Gasteiger partial charge is 0.259 e. The minimum Gasteiger partial charge on any atom is -0.454 e. The van der Waals surface area contributed by atoms with Crippen LogP contribution in [0.4, 0.5) is 5.13 Å². The van der Waals surface area contributed by atoms with Gasteiger partial charge in [0.25, 0.3) is 5.91 Å². The van der Waals surface area contributed by atoms with E-state index >= 15 is 0 Å². The van der Waals surface area contributed by atoms with Gasteiger partial charge in [-0.1, -0.05) is 11.6 Å². The number of rotatable bonds is 6. The van der Waals surface area contributed by atoms with Gasteiger partial charge >= 0.3 is 0 Å². The van der Waals surface area contributed by atoms with Gasteiger partial charge in [-0.3, -0.25) is 10.1 Å².